The summed E-state index contributed by atoms with van der Waals surface area (Å²) in [4.78, 5) is 0. The van der Waals surface area contributed by atoms with Gasteiger partial charge >= 0.3 is 0 Å². The Morgan fingerprint density at radius 3 is 2.85 bits per heavy atom. The smallest absolute Gasteiger partial charge is 0.147 e. The van der Waals surface area contributed by atoms with Gasteiger partial charge in [-0.1, -0.05) is 12.2 Å². The highest BCUT2D eigenvalue weighted by atomic mass is 16.7. The number of rotatable bonds is 6. The normalized spacial score (nSPS) is 26.9. The molecule has 1 aliphatic carbocycles. The van der Waals surface area contributed by atoms with E-state index < -0.39 is 0 Å². The van der Waals surface area contributed by atoms with Gasteiger partial charge in [0.25, 0.3) is 0 Å². The number of hydrogen-bond acceptors (Lipinski definition) is 4. The van der Waals surface area contributed by atoms with Gasteiger partial charge in [0.05, 0.1) is 25.4 Å². The van der Waals surface area contributed by atoms with Gasteiger partial charge in [-0.3, -0.25) is 0 Å². The highest BCUT2D eigenvalue weighted by molar-refractivity contribution is 5.03. The molecule has 1 rings (SSSR count). The van der Waals surface area contributed by atoms with Crippen molar-refractivity contribution in [1.29, 1.82) is 0 Å². The second-order valence-electron chi connectivity index (χ2n) is 2.91. The van der Waals surface area contributed by atoms with Gasteiger partial charge in [-0.25, -0.2) is 0 Å². The molecular formula is C9H16O4. The van der Waals surface area contributed by atoms with Crippen molar-refractivity contribution in [2.24, 2.45) is 0 Å². The predicted molar refractivity (Wildman–Crippen MR) is 47.3 cm³/mol. The van der Waals surface area contributed by atoms with Crippen molar-refractivity contribution < 1.29 is 19.3 Å². The van der Waals surface area contributed by atoms with E-state index in [-0.39, 0.29) is 19.0 Å². The molecule has 0 amide bonds. The Kier molecular flexibility index (Phi) is 5.00. The highest BCUT2D eigenvalue weighted by Crippen LogP contribution is 2.13. The molecule has 1 aliphatic rings. The van der Waals surface area contributed by atoms with Crippen LogP contribution in [0.3, 0.4) is 0 Å². The fraction of sp³-hybridized carbons (Fsp3) is 0.778. The molecule has 1 N–H and O–H groups in total. The van der Waals surface area contributed by atoms with Crippen molar-refractivity contribution in [1.82, 2.24) is 0 Å². The maximum absolute atomic E-state index is 9.11. The lowest BCUT2D eigenvalue weighted by Crippen LogP contribution is -2.14. The van der Waals surface area contributed by atoms with Crippen LogP contribution in [-0.2, 0) is 14.2 Å². The number of aliphatic hydroxyl groups excluding tert-OH is 1. The summed E-state index contributed by atoms with van der Waals surface area (Å²) in [7, 11) is 1.63. The van der Waals surface area contributed by atoms with Gasteiger partial charge in [-0.05, 0) is 0 Å². The first-order chi connectivity index (χ1) is 6.33. The van der Waals surface area contributed by atoms with E-state index in [0.29, 0.717) is 19.6 Å². The fourth-order valence-corrected chi connectivity index (χ4v) is 1.11. The third-order valence-corrected chi connectivity index (χ3v) is 1.82. The van der Waals surface area contributed by atoms with Gasteiger partial charge in [0, 0.05) is 13.5 Å². The van der Waals surface area contributed by atoms with Crippen molar-refractivity contribution in [2.45, 2.75) is 18.6 Å². The molecule has 0 aromatic rings. The standard InChI is InChI=1S/C9H16O4/c1-11-4-5-12-7-13-9-3-2-8(10)6-9/h2-3,8-10H,4-7H2,1H3. The summed E-state index contributed by atoms with van der Waals surface area (Å²) in [6.07, 6.45) is 3.86. The highest BCUT2D eigenvalue weighted by Gasteiger charge is 2.16. The number of ether oxygens (including phenoxy) is 3. The van der Waals surface area contributed by atoms with Crippen LogP contribution in [0.4, 0.5) is 0 Å². The Balaban J connectivity index is 1.92. The number of hydrogen-bond donors (Lipinski definition) is 1. The molecule has 0 fully saturated rings. The Morgan fingerprint density at radius 1 is 1.38 bits per heavy atom. The Morgan fingerprint density at radius 2 is 2.23 bits per heavy atom. The van der Waals surface area contributed by atoms with E-state index >= 15 is 0 Å². The van der Waals surface area contributed by atoms with E-state index in [1.165, 1.54) is 0 Å². The van der Waals surface area contributed by atoms with E-state index in [2.05, 4.69) is 0 Å². The van der Waals surface area contributed by atoms with E-state index in [4.69, 9.17) is 19.3 Å². The third-order valence-electron chi connectivity index (χ3n) is 1.82. The van der Waals surface area contributed by atoms with Crippen molar-refractivity contribution in [2.75, 3.05) is 27.1 Å². The molecule has 4 nitrogen and oxygen atoms in total. The molecule has 0 heterocycles. The minimum absolute atomic E-state index is 0.00227. The summed E-state index contributed by atoms with van der Waals surface area (Å²) in [6, 6.07) is 0. The first-order valence-electron chi connectivity index (χ1n) is 4.37. The molecule has 76 valence electrons. The van der Waals surface area contributed by atoms with E-state index in [1.54, 1.807) is 13.2 Å². The molecule has 2 atom stereocenters. The molecule has 4 heteroatoms. The van der Waals surface area contributed by atoms with Crippen LogP contribution in [-0.4, -0.2) is 44.4 Å². The lowest BCUT2D eigenvalue weighted by molar-refractivity contribution is -0.0878. The lowest BCUT2D eigenvalue weighted by atomic mass is 10.3. The van der Waals surface area contributed by atoms with Gasteiger partial charge in [0.15, 0.2) is 0 Å². The van der Waals surface area contributed by atoms with Gasteiger partial charge in [-0.2, -0.15) is 0 Å². The molecule has 0 aliphatic heterocycles. The van der Waals surface area contributed by atoms with Crippen LogP contribution in [0.5, 0.6) is 0 Å². The zero-order chi connectivity index (χ0) is 9.52. The largest absolute Gasteiger partial charge is 0.389 e. The molecular weight excluding hydrogens is 172 g/mol. The first kappa shape index (κ1) is 10.7. The van der Waals surface area contributed by atoms with Gasteiger partial charge < -0.3 is 19.3 Å². The number of aliphatic hydroxyl groups is 1. The van der Waals surface area contributed by atoms with Gasteiger partial charge in [-0.15, -0.1) is 0 Å². The summed E-state index contributed by atoms with van der Waals surface area (Å²) < 4.78 is 15.2. The maximum atomic E-state index is 9.11. The summed E-state index contributed by atoms with van der Waals surface area (Å²) in [5.74, 6) is 0. The monoisotopic (exact) mass is 188 g/mol. The predicted octanol–water partition coefficient (Wildman–Crippen LogP) is 0.313. The fourth-order valence-electron chi connectivity index (χ4n) is 1.11. The minimum atomic E-state index is -0.357. The zero-order valence-corrected chi connectivity index (χ0v) is 7.81. The van der Waals surface area contributed by atoms with Crippen LogP contribution in [0.15, 0.2) is 12.2 Å². The van der Waals surface area contributed by atoms with Gasteiger partial charge in [0.2, 0.25) is 0 Å². The van der Waals surface area contributed by atoms with Crippen LogP contribution in [0.25, 0.3) is 0 Å². The van der Waals surface area contributed by atoms with Crippen LogP contribution in [0, 0.1) is 0 Å². The molecule has 0 spiro atoms. The Labute approximate surface area is 78.1 Å². The third kappa shape index (κ3) is 4.38. The molecule has 0 saturated carbocycles. The molecule has 0 saturated heterocycles. The summed E-state index contributed by atoms with van der Waals surface area (Å²) in [6.45, 7) is 1.37. The average molecular weight is 188 g/mol. The van der Waals surface area contributed by atoms with Crippen molar-refractivity contribution >= 4 is 0 Å². The molecule has 0 bridgehead atoms. The Hall–Kier alpha value is -0.420. The van der Waals surface area contributed by atoms with Crippen LogP contribution in [0.2, 0.25) is 0 Å². The van der Waals surface area contributed by atoms with E-state index in [1.807, 2.05) is 6.08 Å². The molecule has 2 unspecified atom stereocenters. The lowest BCUT2D eigenvalue weighted by Gasteiger charge is -2.10. The summed E-state index contributed by atoms with van der Waals surface area (Å²) in [5.41, 5.74) is 0. The second-order valence-corrected chi connectivity index (χ2v) is 2.91. The summed E-state index contributed by atoms with van der Waals surface area (Å²) >= 11 is 0. The van der Waals surface area contributed by atoms with Crippen LogP contribution < -0.4 is 0 Å². The molecule has 0 aromatic heterocycles. The maximum Gasteiger partial charge on any atom is 0.147 e. The van der Waals surface area contributed by atoms with Crippen molar-refractivity contribution in [3.63, 3.8) is 0 Å². The molecule has 0 aromatic carbocycles. The second kappa shape index (κ2) is 6.10. The average Bonchev–Trinajstić information content (AvgIpc) is 2.51. The van der Waals surface area contributed by atoms with Crippen LogP contribution >= 0.6 is 0 Å². The molecule has 13 heavy (non-hydrogen) atoms. The van der Waals surface area contributed by atoms with Crippen molar-refractivity contribution in [3.8, 4) is 0 Å². The first-order valence-corrected chi connectivity index (χ1v) is 4.37. The molecule has 0 radical (unpaired) electrons. The van der Waals surface area contributed by atoms with Crippen molar-refractivity contribution in [3.05, 3.63) is 12.2 Å². The van der Waals surface area contributed by atoms with Gasteiger partial charge in [0.1, 0.15) is 6.79 Å². The quantitative estimate of drug-likeness (QED) is 0.370. The number of methoxy groups -OCH3 is 1. The SMILES string of the molecule is COCCOCOC1C=CC(O)C1. The minimum Gasteiger partial charge on any atom is -0.389 e. The summed E-state index contributed by atoms with van der Waals surface area (Å²) in [5, 5.41) is 9.11. The van der Waals surface area contributed by atoms with Crippen LogP contribution in [0.1, 0.15) is 6.42 Å². The van der Waals surface area contributed by atoms with E-state index in [0.717, 1.165) is 0 Å². The van der Waals surface area contributed by atoms with E-state index in [9.17, 15) is 0 Å². The topological polar surface area (TPSA) is 47.9 Å². The Bertz CT molecular complexity index is 158. The zero-order valence-electron chi connectivity index (χ0n) is 7.81.